The van der Waals surface area contributed by atoms with Gasteiger partial charge in [-0.05, 0) is 12.1 Å². The van der Waals surface area contributed by atoms with Crippen molar-refractivity contribution >= 4 is 16.7 Å². The van der Waals surface area contributed by atoms with Crippen molar-refractivity contribution in [2.45, 2.75) is 6.10 Å². The van der Waals surface area contributed by atoms with Crippen LogP contribution in [0.1, 0.15) is 11.9 Å². The molecule has 4 rings (SSSR count). The summed E-state index contributed by atoms with van der Waals surface area (Å²) in [5.74, 6) is 1.64. The first kappa shape index (κ1) is 13.5. The summed E-state index contributed by atoms with van der Waals surface area (Å²) >= 11 is 1.43. The Morgan fingerprint density at radius 2 is 2.05 bits per heavy atom. The van der Waals surface area contributed by atoms with Gasteiger partial charge in [0, 0.05) is 23.6 Å². The number of ether oxygens (including phenoxy) is 1. The minimum atomic E-state index is -0.0483. The molecular formula is C16H15N3O2S. The van der Waals surface area contributed by atoms with Gasteiger partial charge < -0.3 is 14.1 Å². The number of rotatable bonds is 3. The second kappa shape index (κ2) is 5.90. The van der Waals surface area contributed by atoms with Crippen LogP contribution in [0.5, 0.6) is 0 Å². The second-order valence-corrected chi connectivity index (χ2v) is 5.82. The summed E-state index contributed by atoms with van der Waals surface area (Å²) < 4.78 is 15.7. The summed E-state index contributed by atoms with van der Waals surface area (Å²) in [4.78, 5) is 6.88. The number of morpholine rings is 1. The molecule has 0 amide bonds. The molecule has 0 saturated carbocycles. The monoisotopic (exact) mass is 313 g/mol. The van der Waals surface area contributed by atoms with Gasteiger partial charge in [0.2, 0.25) is 5.13 Å². The van der Waals surface area contributed by atoms with Crippen molar-refractivity contribution in [2.75, 3.05) is 24.6 Å². The van der Waals surface area contributed by atoms with Crippen molar-refractivity contribution in [3.8, 4) is 11.4 Å². The molecule has 1 aliphatic rings. The minimum Gasteiger partial charge on any atom is -0.467 e. The van der Waals surface area contributed by atoms with Gasteiger partial charge in [-0.25, -0.2) is 0 Å². The molecule has 112 valence electrons. The molecule has 1 saturated heterocycles. The Hall–Kier alpha value is -2.18. The zero-order valence-corrected chi connectivity index (χ0v) is 12.7. The molecule has 1 aromatic carbocycles. The number of nitrogens with zero attached hydrogens (tertiary/aromatic N) is 3. The molecule has 0 aliphatic carbocycles. The highest BCUT2D eigenvalue weighted by atomic mass is 32.1. The van der Waals surface area contributed by atoms with Gasteiger partial charge in [0.25, 0.3) is 0 Å². The summed E-state index contributed by atoms with van der Waals surface area (Å²) in [5, 5.41) is 0.929. The van der Waals surface area contributed by atoms with E-state index >= 15 is 0 Å². The van der Waals surface area contributed by atoms with Crippen LogP contribution in [-0.4, -0.2) is 29.1 Å². The predicted molar refractivity (Wildman–Crippen MR) is 85.0 cm³/mol. The molecule has 6 heteroatoms. The molecule has 3 heterocycles. The first-order valence-corrected chi connectivity index (χ1v) is 7.96. The topological polar surface area (TPSA) is 51.4 Å². The lowest BCUT2D eigenvalue weighted by molar-refractivity contribution is 0.0257. The highest BCUT2D eigenvalue weighted by Gasteiger charge is 2.26. The number of benzene rings is 1. The molecule has 3 aromatic rings. The fourth-order valence-corrected chi connectivity index (χ4v) is 3.24. The van der Waals surface area contributed by atoms with Crippen LogP contribution in [0.3, 0.4) is 0 Å². The molecule has 0 radical (unpaired) electrons. The zero-order chi connectivity index (χ0) is 14.8. The SMILES string of the molecule is c1ccc(-c2nsc(N3CCOC(c4ccco4)C3)n2)cc1. The fourth-order valence-electron chi connectivity index (χ4n) is 2.52. The van der Waals surface area contributed by atoms with E-state index in [1.807, 2.05) is 42.5 Å². The van der Waals surface area contributed by atoms with Gasteiger partial charge >= 0.3 is 0 Å². The normalized spacial score (nSPS) is 18.5. The van der Waals surface area contributed by atoms with Gasteiger partial charge in [0.1, 0.15) is 11.9 Å². The molecule has 22 heavy (non-hydrogen) atoms. The summed E-state index contributed by atoms with van der Waals surface area (Å²) in [6.07, 6.45) is 1.63. The zero-order valence-electron chi connectivity index (χ0n) is 11.9. The number of hydrogen-bond donors (Lipinski definition) is 0. The van der Waals surface area contributed by atoms with E-state index in [4.69, 9.17) is 9.15 Å². The molecule has 5 nitrogen and oxygen atoms in total. The van der Waals surface area contributed by atoms with E-state index in [2.05, 4.69) is 14.3 Å². The number of aromatic nitrogens is 2. The fraction of sp³-hybridized carbons (Fsp3) is 0.250. The highest BCUT2D eigenvalue weighted by molar-refractivity contribution is 7.09. The number of hydrogen-bond acceptors (Lipinski definition) is 6. The van der Waals surface area contributed by atoms with Crippen molar-refractivity contribution in [3.05, 3.63) is 54.5 Å². The maximum absolute atomic E-state index is 5.79. The van der Waals surface area contributed by atoms with Crippen molar-refractivity contribution < 1.29 is 9.15 Å². The van der Waals surface area contributed by atoms with E-state index in [0.717, 1.165) is 35.4 Å². The molecular weight excluding hydrogens is 298 g/mol. The lowest BCUT2D eigenvalue weighted by Gasteiger charge is -2.31. The van der Waals surface area contributed by atoms with Crippen LogP contribution >= 0.6 is 11.5 Å². The van der Waals surface area contributed by atoms with E-state index in [0.29, 0.717) is 6.61 Å². The van der Waals surface area contributed by atoms with E-state index in [1.165, 1.54) is 11.5 Å². The molecule has 0 bridgehead atoms. The van der Waals surface area contributed by atoms with Crippen molar-refractivity contribution in [3.63, 3.8) is 0 Å². The average molecular weight is 313 g/mol. The van der Waals surface area contributed by atoms with E-state index in [-0.39, 0.29) is 6.10 Å². The summed E-state index contributed by atoms with van der Waals surface area (Å²) in [6, 6.07) is 13.9. The van der Waals surface area contributed by atoms with Crippen molar-refractivity contribution in [1.29, 1.82) is 0 Å². The van der Waals surface area contributed by atoms with Gasteiger partial charge in [0.05, 0.1) is 19.4 Å². The van der Waals surface area contributed by atoms with Gasteiger partial charge in [0.15, 0.2) is 5.82 Å². The van der Waals surface area contributed by atoms with Crippen LogP contribution in [0, 0.1) is 0 Å². The highest BCUT2D eigenvalue weighted by Crippen LogP contribution is 2.29. The summed E-state index contributed by atoms with van der Waals surface area (Å²) in [5.41, 5.74) is 1.04. The standard InChI is InChI=1S/C16H15N3O2S/c1-2-5-12(6-3-1)15-17-16(22-18-15)19-8-10-21-14(11-19)13-7-4-9-20-13/h1-7,9,14H,8,10-11H2. The maximum Gasteiger partial charge on any atom is 0.205 e. The third kappa shape index (κ3) is 2.63. The van der Waals surface area contributed by atoms with Gasteiger partial charge in [-0.3, -0.25) is 0 Å². The molecule has 1 fully saturated rings. The van der Waals surface area contributed by atoms with Crippen LogP contribution in [0.15, 0.2) is 53.1 Å². The summed E-state index contributed by atoms with van der Waals surface area (Å²) in [6.45, 7) is 2.21. The smallest absolute Gasteiger partial charge is 0.205 e. The maximum atomic E-state index is 5.79. The van der Waals surface area contributed by atoms with Crippen LogP contribution in [0.2, 0.25) is 0 Å². The van der Waals surface area contributed by atoms with E-state index in [1.54, 1.807) is 6.26 Å². The third-order valence-electron chi connectivity index (χ3n) is 3.64. The molecule has 1 atom stereocenters. The Morgan fingerprint density at radius 1 is 1.14 bits per heavy atom. The number of anilines is 1. The van der Waals surface area contributed by atoms with Gasteiger partial charge in [-0.2, -0.15) is 9.36 Å². The molecule has 1 unspecified atom stereocenters. The van der Waals surface area contributed by atoms with E-state index in [9.17, 15) is 0 Å². The second-order valence-electron chi connectivity index (χ2n) is 5.09. The van der Waals surface area contributed by atoms with Crippen LogP contribution < -0.4 is 4.90 Å². The third-order valence-corrected chi connectivity index (χ3v) is 4.42. The lowest BCUT2D eigenvalue weighted by Crippen LogP contribution is -2.38. The number of furan rings is 1. The Balaban J connectivity index is 1.53. The van der Waals surface area contributed by atoms with Crippen LogP contribution in [0.4, 0.5) is 5.13 Å². The minimum absolute atomic E-state index is 0.0483. The lowest BCUT2D eigenvalue weighted by atomic mass is 10.2. The van der Waals surface area contributed by atoms with Crippen LogP contribution in [-0.2, 0) is 4.74 Å². The Labute approximate surface area is 132 Å². The Morgan fingerprint density at radius 3 is 2.86 bits per heavy atom. The van der Waals surface area contributed by atoms with E-state index < -0.39 is 0 Å². The summed E-state index contributed by atoms with van der Waals surface area (Å²) in [7, 11) is 0. The average Bonchev–Trinajstić information content (AvgIpc) is 3.28. The Kier molecular flexibility index (Phi) is 3.62. The molecule has 0 spiro atoms. The quantitative estimate of drug-likeness (QED) is 0.742. The first-order valence-electron chi connectivity index (χ1n) is 7.19. The Bertz CT molecular complexity index is 727. The molecule has 1 aliphatic heterocycles. The van der Waals surface area contributed by atoms with Crippen molar-refractivity contribution in [2.24, 2.45) is 0 Å². The van der Waals surface area contributed by atoms with Gasteiger partial charge in [-0.1, -0.05) is 30.3 Å². The van der Waals surface area contributed by atoms with Crippen molar-refractivity contribution in [1.82, 2.24) is 9.36 Å². The van der Waals surface area contributed by atoms with Crippen LogP contribution in [0.25, 0.3) is 11.4 Å². The van der Waals surface area contributed by atoms with Gasteiger partial charge in [-0.15, -0.1) is 0 Å². The molecule has 0 N–H and O–H groups in total. The largest absolute Gasteiger partial charge is 0.467 e. The predicted octanol–water partition coefficient (Wildman–Crippen LogP) is 3.38. The molecule has 2 aromatic heterocycles. The first-order chi connectivity index (χ1) is 10.9.